The maximum absolute atomic E-state index is 12.7. The van der Waals surface area contributed by atoms with Crippen LogP contribution in [0, 0.1) is 0 Å². The van der Waals surface area contributed by atoms with Gasteiger partial charge in [0.05, 0.1) is 17.0 Å². The van der Waals surface area contributed by atoms with Gasteiger partial charge in [-0.1, -0.05) is 18.2 Å². The molecule has 2 aromatic heterocycles. The van der Waals surface area contributed by atoms with E-state index in [0.29, 0.717) is 24.8 Å². The number of sulfonamides is 1. The molecule has 1 saturated heterocycles. The third-order valence-electron chi connectivity index (χ3n) is 7.19. The van der Waals surface area contributed by atoms with E-state index in [0.717, 1.165) is 54.2 Å². The molecule has 224 valence electrons. The molecule has 4 heterocycles. The highest BCUT2D eigenvalue weighted by Crippen LogP contribution is 2.35. The van der Waals surface area contributed by atoms with E-state index in [1.807, 2.05) is 6.07 Å². The quantitative estimate of drug-likeness (QED) is 0.342. The maximum atomic E-state index is 12.7. The van der Waals surface area contributed by atoms with E-state index >= 15 is 0 Å². The number of ether oxygens (including phenoxy) is 1. The van der Waals surface area contributed by atoms with Crippen molar-refractivity contribution in [2.24, 2.45) is 0 Å². The second-order valence-corrected chi connectivity index (χ2v) is 12.5. The molecule has 2 N–H and O–H groups in total. The number of piperidine rings is 1. The smallest absolute Gasteiger partial charge is 0.404 e. The number of aromatic nitrogens is 3. The highest BCUT2D eigenvalue weighted by atomic mass is 35.5. The van der Waals surface area contributed by atoms with Gasteiger partial charge in [-0.15, -0.1) is 13.2 Å². The first kappa shape index (κ1) is 29.9. The molecular weight excluding hydrogens is 595 g/mol. The minimum atomic E-state index is -4.86. The topological polar surface area (TPSA) is 113 Å². The van der Waals surface area contributed by atoms with Gasteiger partial charge < -0.3 is 15.0 Å². The predicted octanol–water partition coefficient (Wildman–Crippen LogP) is 5.38. The fourth-order valence-electron chi connectivity index (χ4n) is 5.31. The van der Waals surface area contributed by atoms with Gasteiger partial charge in [0, 0.05) is 72.7 Å². The number of benzene rings is 1. The number of nitrogens with one attached hydrogen (secondary N) is 2. The van der Waals surface area contributed by atoms with Crippen LogP contribution in [0.1, 0.15) is 36.6 Å². The normalized spacial score (nSPS) is 19.3. The lowest BCUT2D eigenvalue weighted by Crippen LogP contribution is -2.46. The number of likely N-dealkylation sites (tertiary alicyclic amines) is 1. The number of halogens is 4. The minimum Gasteiger partial charge on any atom is -0.404 e. The van der Waals surface area contributed by atoms with E-state index in [1.54, 1.807) is 18.5 Å². The summed E-state index contributed by atoms with van der Waals surface area (Å²) in [6.07, 6.45) is 1.28. The van der Waals surface area contributed by atoms with E-state index in [4.69, 9.17) is 11.6 Å². The van der Waals surface area contributed by atoms with Crippen molar-refractivity contribution in [1.29, 1.82) is 0 Å². The predicted molar refractivity (Wildman–Crippen MR) is 154 cm³/mol. The average molecular weight is 624 g/mol. The molecule has 0 radical (unpaired) electrons. The summed E-state index contributed by atoms with van der Waals surface area (Å²) >= 11 is 5.84. The Morgan fingerprint density at radius 2 is 1.98 bits per heavy atom. The van der Waals surface area contributed by atoms with Crippen LogP contribution in [0.15, 0.2) is 49.3 Å². The average Bonchev–Trinajstić information content (AvgIpc) is 3.32. The van der Waals surface area contributed by atoms with Crippen molar-refractivity contribution >= 4 is 44.8 Å². The van der Waals surface area contributed by atoms with Crippen LogP contribution in [-0.2, 0) is 23.1 Å². The Labute approximate surface area is 246 Å². The molecule has 1 fully saturated rings. The maximum Gasteiger partial charge on any atom is 0.573 e. The lowest BCUT2D eigenvalue weighted by molar-refractivity contribution is -0.274. The highest BCUT2D eigenvalue weighted by Gasteiger charge is 2.34. The van der Waals surface area contributed by atoms with Crippen LogP contribution in [-0.4, -0.2) is 64.4 Å². The molecule has 10 nitrogen and oxygen atoms in total. The Kier molecular flexibility index (Phi) is 8.23. The van der Waals surface area contributed by atoms with E-state index in [2.05, 4.69) is 53.0 Å². The van der Waals surface area contributed by atoms with E-state index < -0.39 is 22.1 Å². The van der Waals surface area contributed by atoms with Gasteiger partial charge >= 0.3 is 6.36 Å². The van der Waals surface area contributed by atoms with Crippen LogP contribution < -0.4 is 14.8 Å². The number of anilines is 3. The van der Waals surface area contributed by atoms with Crippen molar-refractivity contribution in [2.45, 2.75) is 51.3 Å². The summed E-state index contributed by atoms with van der Waals surface area (Å²) in [4.78, 5) is 17.6. The Balaban J connectivity index is 1.20. The summed E-state index contributed by atoms with van der Waals surface area (Å²) in [5.74, 6) is -0.00771. The first-order valence-corrected chi connectivity index (χ1v) is 15.3. The molecule has 2 aliphatic heterocycles. The van der Waals surface area contributed by atoms with E-state index in [9.17, 15) is 21.6 Å². The molecule has 0 aliphatic carbocycles. The van der Waals surface area contributed by atoms with Crippen LogP contribution in [0.2, 0.25) is 5.02 Å². The summed E-state index contributed by atoms with van der Waals surface area (Å²) in [6.45, 7) is 8.51. The van der Waals surface area contributed by atoms with Gasteiger partial charge in [0.2, 0.25) is 16.0 Å². The molecule has 5 rings (SSSR count). The second kappa shape index (κ2) is 11.6. The summed E-state index contributed by atoms with van der Waals surface area (Å²) in [5.41, 5.74) is 3.76. The summed E-state index contributed by atoms with van der Waals surface area (Å²) in [7, 11) is -3.44. The van der Waals surface area contributed by atoms with E-state index in [-0.39, 0.29) is 22.8 Å². The van der Waals surface area contributed by atoms with E-state index in [1.165, 1.54) is 12.1 Å². The lowest BCUT2D eigenvalue weighted by atomic mass is 9.95. The molecule has 0 spiro atoms. The SMILES string of the molecule is C=C(c1ccnc(NS(C)(=O)=O)c1)N1CC[C@H](N2Cc3cnc(Nc4ccc(Cl)c(OC(F)(F)F)c4)nc3C2)C[C@H]1C. The third-order valence-corrected chi connectivity index (χ3v) is 8.08. The van der Waals surface area contributed by atoms with Crippen LogP contribution in [0.3, 0.4) is 0 Å². The van der Waals surface area contributed by atoms with Gasteiger partial charge in [0.15, 0.2) is 0 Å². The van der Waals surface area contributed by atoms with Gasteiger partial charge in [0.25, 0.3) is 0 Å². The van der Waals surface area contributed by atoms with Crippen LogP contribution >= 0.6 is 11.6 Å². The molecule has 0 unspecified atom stereocenters. The molecule has 3 aromatic rings. The van der Waals surface area contributed by atoms with Gasteiger partial charge in [-0.05, 0) is 44.0 Å². The molecule has 1 aromatic carbocycles. The molecule has 42 heavy (non-hydrogen) atoms. The lowest BCUT2D eigenvalue weighted by Gasteiger charge is -2.43. The van der Waals surface area contributed by atoms with Gasteiger partial charge in [0.1, 0.15) is 11.6 Å². The number of rotatable bonds is 8. The van der Waals surface area contributed by atoms with Crippen LogP contribution in [0.25, 0.3) is 5.70 Å². The summed E-state index contributed by atoms with van der Waals surface area (Å²) in [6, 6.07) is 7.95. The molecule has 2 atom stereocenters. The number of pyridine rings is 1. The minimum absolute atomic E-state index is 0.165. The molecule has 0 bridgehead atoms. The number of hydrogen-bond acceptors (Lipinski definition) is 9. The summed E-state index contributed by atoms with van der Waals surface area (Å²) in [5, 5.41) is 2.77. The van der Waals surface area contributed by atoms with Crippen molar-refractivity contribution in [3.8, 4) is 5.75 Å². The number of alkyl halides is 3. The number of fused-ring (bicyclic) bond motifs is 1. The van der Waals surface area contributed by atoms with Crippen molar-refractivity contribution in [3.05, 3.63) is 71.1 Å². The standard InChI is InChI=1S/C27H29ClF3N7O3S/c1-16-10-21(7-9-38(16)17(2)18-6-8-32-25(11-18)36-42(3,39)40)37-14-19-13-33-26(35-23(19)15-37)34-20-4-5-22(28)24(12-20)41-27(29,30)31/h4-6,8,11-13,16,21H,2,7,9-10,14-15H2,1,3H3,(H,32,36)(H,33,34,35)/t16-,21+/m1/s1. The third kappa shape index (κ3) is 7.23. The first-order chi connectivity index (χ1) is 19.7. The van der Waals surface area contributed by atoms with Gasteiger partial charge in [-0.2, -0.15) is 0 Å². The van der Waals surface area contributed by atoms with Crippen molar-refractivity contribution in [1.82, 2.24) is 24.8 Å². The zero-order valence-corrected chi connectivity index (χ0v) is 24.4. The van der Waals surface area contributed by atoms with Gasteiger partial charge in [-0.3, -0.25) is 9.62 Å². The fourth-order valence-corrected chi connectivity index (χ4v) is 5.96. The molecule has 0 saturated carbocycles. The van der Waals surface area contributed by atoms with Crippen LogP contribution in [0.4, 0.5) is 30.6 Å². The van der Waals surface area contributed by atoms with Crippen molar-refractivity contribution in [2.75, 3.05) is 22.8 Å². The fraction of sp³-hybridized carbons (Fsp3) is 0.370. The van der Waals surface area contributed by atoms with Gasteiger partial charge in [-0.25, -0.2) is 23.4 Å². The number of hydrogen-bond donors (Lipinski definition) is 2. The largest absolute Gasteiger partial charge is 0.573 e. The molecule has 15 heteroatoms. The Bertz CT molecular complexity index is 1610. The number of nitrogens with zero attached hydrogens (tertiary/aromatic N) is 5. The molecular formula is C27H29ClF3N7O3S. The van der Waals surface area contributed by atoms with Crippen molar-refractivity contribution in [3.63, 3.8) is 0 Å². The zero-order chi connectivity index (χ0) is 30.2. The first-order valence-electron chi connectivity index (χ1n) is 13.0. The monoisotopic (exact) mass is 623 g/mol. The summed E-state index contributed by atoms with van der Waals surface area (Å²) < 4.78 is 67.7. The van der Waals surface area contributed by atoms with Crippen LogP contribution in [0.5, 0.6) is 5.75 Å². The van der Waals surface area contributed by atoms with Crippen molar-refractivity contribution < 1.29 is 26.3 Å². The Morgan fingerprint density at radius 3 is 2.69 bits per heavy atom. The zero-order valence-electron chi connectivity index (χ0n) is 22.8. The molecule has 2 aliphatic rings. The Hall–Kier alpha value is -3.62. The molecule has 0 amide bonds. The highest BCUT2D eigenvalue weighted by molar-refractivity contribution is 7.92. The second-order valence-electron chi connectivity index (χ2n) is 10.4. The Morgan fingerprint density at radius 1 is 1.19 bits per heavy atom.